The standard InChI is InChI=1S/C23H21NOS/c1-14-13-23(2,3)24-17-11-10-16-15-7-4-5-8-18(15)25-22(21(16)20(14)17)19-9-6-12-26-19/h4-12,24H,13H2,1-3H3. The Morgan fingerprint density at radius 2 is 1.81 bits per heavy atom. The molecule has 0 spiro atoms. The van der Waals surface area contributed by atoms with Gasteiger partial charge in [-0.1, -0.05) is 35.9 Å². The van der Waals surface area contributed by atoms with Crippen molar-refractivity contribution in [3.63, 3.8) is 0 Å². The van der Waals surface area contributed by atoms with E-state index in [1.54, 1.807) is 11.3 Å². The molecule has 130 valence electrons. The maximum absolute atomic E-state index is 6.46. The van der Waals surface area contributed by atoms with Crippen molar-refractivity contribution >= 4 is 28.4 Å². The highest BCUT2D eigenvalue weighted by molar-refractivity contribution is 7.11. The number of para-hydroxylation sites is 1. The van der Waals surface area contributed by atoms with Crippen LogP contribution in [0.25, 0.3) is 22.5 Å². The van der Waals surface area contributed by atoms with Gasteiger partial charge in [0, 0.05) is 27.2 Å². The third kappa shape index (κ3) is 2.31. The van der Waals surface area contributed by atoms with Crippen molar-refractivity contribution in [2.45, 2.75) is 32.7 Å². The van der Waals surface area contributed by atoms with Crippen LogP contribution >= 0.6 is 11.3 Å². The first-order valence-corrected chi connectivity index (χ1v) is 9.88. The van der Waals surface area contributed by atoms with Crippen LogP contribution in [0.1, 0.15) is 32.1 Å². The van der Waals surface area contributed by atoms with Crippen LogP contribution in [-0.2, 0) is 0 Å². The molecule has 5 rings (SSSR count). The van der Waals surface area contributed by atoms with Crippen molar-refractivity contribution in [2.75, 3.05) is 5.32 Å². The molecule has 0 radical (unpaired) electrons. The van der Waals surface area contributed by atoms with Crippen LogP contribution in [0, 0.1) is 0 Å². The lowest BCUT2D eigenvalue weighted by Gasteiger charge is -2.34. The van der Waals surface area contributed by atoms with Gasteiger partial charge in [0.05, 0.1) is 4.88 Å². The average Bonchev–Trinajstić information content (AvgIpc) is 3.13. The van der Waals surface area contributed by atoms with Crippen LogP contribution in [0.3, 0.4) is 0 Å². The van der Waals surface area contributed by atoms with E-state index in [2.05, 4.69) is 73.9 Å². The first kappa shape index (κ1) is 15.7. The van der Waals surface area contributed by atoms with Crippen molar-refractivity contribution in [3.8, 4) is 16.9 Å². The van der Waals surface area contributed by atoms with Gasteiger partial charge < -0.3 is 10.1 Å². The Hall–Kier alpha value is -2.52. The number of hydrogen-bond donors (Lipinski definition) is 1. The molecule has 0 atom stereocenters. The first-order valence-electron chi connectivity index (χ1n) is 9.00. The third-order valence-electron chi connectivity index (χ3n) is 5.17. The summed E-state index contributed by atoms with van der Waals surface area (Å²) in [6.07, 6.45) is 1.02. The van der Waals surface area contributed by atoms with Gasteiger partial charge in [-0.05, 0) is 56.3 Å². The summed E-state index contributed by atoms with van der Waals surface area (Å²) in [7, 11) is 0. The topological polar surface area (TPSA) is 21.3 Å². The second kappa shape index (κ2) is 5.49. The van der Waals surface area contributed by atoms with Gasteiger partial charge >= 0.3 is 0 Å². The molecule has 2 aromatic carbocycles. The van der Waals surface area contributed by atoms with Gasteiger partial charge in [0.15, 0.2) is 5.76 Å². The largest absolute Gasteiger partial charge is 0.455 e. The predicted octanol–water partition coefficient (Wildman–Crippen LogP) is 4.73. The minimum atomic E-state index is 0.0713. The molecule has 0 unspecified atom stereocenters. The van der Waals surface area contributed by atoms with Crippen molar-refractivity contribution in [3.05, 3.63) is 69.2 Å². The lowest BCUT2D eigenvalue weighted by Crippen LogP contribution is -2.45. The van der Waals surface area contributed by atoms with Crippen LogP contribution in [-0.4, -0.2) is 5.54 Å². The maximum Gasteiger partial charge on any atom is 0.153 e. The summed E-state index contributed by atoms with van der Waals surface area (Å²) in [6, 6.07) is 17.0. The summed E-state index contributed by atoms with van der Waals surface area (Å²) in [6.45, 7) is 6.78. The molecule has 2 aliphatic rings. The number of ether oxygens (including phenoxy) is 1. The first-order chi connectivity index (χ1) is 12.5. The number of benzene rings is 2. The van der Waals surface area contributed by atoms with E-state index < -0.39 is 0 Å². The van der Waals surface area contributed by atoms with Gasteiger partial charge in [-0.25, -0.2) is 0 Å². The minimum absolute atomic E-state index is 0.0713. The highest BCUT2D eigenvalue weighted by atomic mass is 32.1. The lowest BCUT2D eigenvalue weighted by molar-refractivity contribution is 0.509. The number of rotatable bonds is 1. The fourth-order valence-electron chi connectivity index (χ4n) is 4.29. The molecule has 0 amide bonds. The van der Waals surface area contributed by atoms with E-state index in [-0.39, 0.29) is 5.54 Å². The highest BCUT2D eigenvalue weighted by Gasteiger charge is 2.27. The average molecular weight is 359 g/mol. The molecule has 2 nitrogen and oxygen atoms in total. The number of anilines is 1. The van der Waals surface area contributed by atoms with Gasteiger partial charge in [0.1, 0.15) is 5.75 Å². The number of thiophene rings is 1. The van der Waals surface area contributed by atoms with Gasteiger partial charge in [-0.3, -0.25) is 0 Å². The molecule has 0 saturated carbocycles. The summed E-state index contributed by atoms with van der Waals surface area (Å²) in [5, 5.41) is 8.36. The Bertz CT molecular complexity index is 1140. The van der Waals surface area contributed by atoms with Gasteiger partial charge in [0.2, 0.25) is 0 Å². The molecule has 3 heterocycles. The number of nitrogens with one attached hydrogen (secondary N) is 1. The Labute approximate surface area is 157 Å². The summed E-state index contributed by atoms with van der Waals surface area (Å²) in [4.78, 5) is 1.17. The molecular weight excluding hydrogens is 338 g/mol. The molecule has 0 aliphatic carbocycles. The molecule has 3 heteroatoms. The zero-order valence-corrected chi connectivity index (χ0v) is 16.0. The van der Waals surface area contributed by atoms with E-state index in [0.717, 1.165) is 17.9 Å². The molecule has 1 N–H and O–H groups in total. The second-order valence-electron chi connectivity index (χ2n) is 7.78. The van der Waals surface area contributed by atoms with Crippen LogP contribution in [0.4, 0.5) is 5.69 Å². The summed E-state index contributed by atoms with van der Waals surface area (Å²) in [5.74, 6) is 1.91. The van der Waals surface area contributed by atoms with E-state index in [1.165, 1.54) is 37.7 Å². The Balaban J connectivity index is 1.96. The molecule has 3 aromatic rings. The number of hydrogen-bond acceptors (Lipinski definition) is 3. The van der Waals surface area contributed by atoms with Crippen molar-refractivity contribution in [1.29, 1.82) is 0 Å². The molecule has 0 bridgehead atoms. The fourth-order valence-corrected chi connectivity index (χ4v) is 5.00. The normalized spacial score (nSPS) is 16.9. The number of fused-ring (bicyclic) bond motifs is 5. The SMILES string of the molecule is CC1=c2c(ccc3c2=C(c2cccs2)Oc2ccccc2-3)NC(C)(C)C1. The van der Waals surface area contributed by atoms with Crippen LogP contribution < -0.4 is 20.5 Å². The molecular formula is C23H21NOS. The molecule has 0 fully saturated rings. The quantitative estimate of drug-likeness (QED) is 0.678. The summed E-state index contributed by atoms with van der Waals surface area (Å²) in [5.41, 5.74) is 5.12. The predicted molar refractivity (Wildman–Crippen MR) is 110 cm³/mol. The summed E-state index contributed by atoms with van der Waals surface area (Å²) >= 11 is 1.73. The molecule has 1 aromatic heterocycles. The molecule has 0 saturated heterocycles. The van der Waals surface area contributed by atoms with E-state index in [9.17, 15) is 0 Å². The Morgan fingerprint density at radius 3 is 2.62 bits per heavy atom. The third-order valence-corrected chi connectivity index (χ3v) is 6.04. The second-order valence-corrected chi connectivity index (χ2v) is 8.73. The minimum Gasteiger partial charge on any atom is -0.455 e. The van der Waals surface area contributed by atoms with Crippen LogP contribution in [0.15, 0.2) is 53.9 Å². The zero-order chi connectivity index (χ0) is 17.9. The van der Waals surface area contributed by atoms with Crippen molar-refractivity contribution < 1.29 is 4.74 Å². The van der Waals surface area contributed by atoms with Crippen LogP contribution in [0.2, 0.25) is 0 Å². The van der Waals surface area contributed by atoms with Crippen molar-refractivity contribution in [2.24, 2.45) is 0 Å². The summed E-state index contributed by atoms with van der Waals surface area (Å²) < 4.78 is 6.46. The maximum atomic E-state index is 6.46. The van der Waals surface area contributed by atoms with Crippen LogP contribution in [0.5, 0.6) is 5.75 Å². The smallest absolute Gasteiger partial charge is 0.153 e. The highest BCUT2D eigenvalue weighted by Crippen LogP contribution is 2.36. The van der Waals surface area contributed by atoms with E-state index in [1.807, 2.05) is 6.07 Å². The van der Waals surface area contributed by atoms with E-state index in [0.29, 0.717) is 0 Å². The van der Waals surface area contributed by atoms with Gasteiger partial charge in [-0.2, -0.15) is 0 Å². The van der Waals surface area contributed by atoms with E-state index in [4.69, 9.17) is 4.74 Å². The Morgan fingerprint density at radius 1 is 0.962 bits per heavy atom. The lowest BCUT2D eigenvalue weighted by atomic mass is 9.86. The van der Waals surface area contributed by atoms with Gasteiger partial charge in [0.25, 0.3) is 0 Å². The zero-order valence-electron chi connectivity index (χ0n) is 15.2. The molecule has 26 heavy (non-hydrogen) atoms. The van der Waals surface area contributed by atoms with Gasteiger partial charge in [-0.15, -0.1) is 11.3 Å². The van der Waals surface area contributed by atoms with E-state index >= 15 is 0 Å². The monoisotopic (exact) mass is 359 g/mol. The fraction of sp³-hybridized carbons (Fsp3) is 0.217. The molecule has 2 aliphatic heterocycles. The van der Waals surface area contributed by atoms with Crippen molar-refractivity contribution in [1.82, 2.24) is 0 Å². The Kier molecular flexibility index (Phi) is 3.32.